The Morgan fingerprint density at radius 1 is 1.37 bits per heavy atom. The molecule has 1 aliphatic rings. The topological polar surface area (TPSA) is 67.2 Å². The minimum atomic E-state index is -2.61. The van der Waals surface area contributed by atoms with E-state index >= 15 is 0 Å². The van der Waals surface area contributed by atoms with Crippen LogP contribution in [0.25, 0.3) is 11.0 Å². The summed E-state index contributed by atoms with van der Waals surface area (Å²) in [5.41, 5.74) is -1.61. The molecular weight excluding hydrogens is 451 g/mol. The number of carbonyl (C=O) groups excluding carboxylic acids is 1. The number of fused-ring (bicyclic) bond motifs is 3. The molecule has 1 aromatic heterocycles. The Hall–Kier alpha value is -2.10. The summed E-state index contributed by atoms with van der Waals surface area (Å²) >= 11 is 9.40. The molecule has 0 spiro atoms. The van der Waals surface area contributed by atoms with Crippen molar-refractivity contribution < 1.29 is 23.1 Å². The van der Waals surface area contributed by atoms with Crippen LogP contribution in [0.5, 0.6) is 0 Å². The summed E-state index contributed by atoms with van der Waals surface area (Å²) in [4.78, 5) is 16.7. The number of nitrogens with zero attached hydrogens (tertiary/aromatic N) is 2. The number of aromatic nitrogens is 2. The van der Waals surface area contributed by atoms with Crippen LogP contribution in [-0.4, -0.2) is 27.0 Å². The largest absolute Gasteiger partial charge is 0.363 e. The van der Waals surface area contributed by atoms with Gasteiger partial charge < -0.3 is 15.0 Å². The van der Waals surface area contributed by atoms with Crippen molar-refractivity contribution in [1.82, 2.24) is 14.9 Å². The van der Waals surface area contributed by atoms with E-state index in [-0.39, 0.29) is 31.7 Å². The lowest BCUT2D eigenvalue weighted by Gasteiger charge is -2.26. The van der Waals surface area contributed by atoms with Crippen LogP contribution in [0.4, 0.5) is 13.2 Å². The molecule has 1 aliphatic heterocycles. The van der Waals surface area contributed by atoms with Crippen molar-refractivity contribution >= 4 is 44.5 Å². The van der Waals surface area contributed by atoms with Gasteiger partial charge in [0.25, 0.3) is 12.3 Å². The Morgan fingerprint density at radius 3 is 2.81 bits per heavy atom. The van der Waals surface area contributed by atoms with Crippen molar-refractivity contribution in [2.75, 3.05) is 0 Å². The van der Waals surface area contributed by atoms with E-state index in [1.54, 1.807) is 0 Å². The number of aliphatic hydroxyl groups is 1. The summed E-state index contributed by atoms with van der Waals surface area (Å²) in [5, 5.41) is 13.7. The lowest BCUT2D eigenvalue weighted by Crippen LogP contribution is -2.40. The number of halogens is 5. The van der Waals surface area contributed by atoms with E-state index in [0.29, 0.717) is 5.52 Å². The smallest absolute Gasteiger partial charge is 0.256 e. The fourth-order valence-corrected chi connectivity index (χ4v) is 4.26. The first kappa shape index (κ1) is 18.3. The first-order valence-electron chi connectivity index (χ1n) is 7.68. The molecule has 5 nitrogen and oxygen atoms in total. The van der Waals surface area contributed by atoms with E-state index < -0.39 is 30.4 Å². The molecule has 2 N–H and O–H groups in total. The predicted octanol–water partition coefficient (Wildman–Crippen LogP) is 3.79. The third kappa shape index (κ3) is 2.72. The van der Waals surface area contributed by atoms with Gasteiger partial charge in [-0.05, 0) is 24.3 Å². The zero-order valence-corrected chi connectivity index (χ0v) is 15.7. The number of nitrogens with one attached hydrogen (secondary N) is 1. The summed E-state index contributed by atoms with van der Waals surface area (Å²) in [7, 11) is 0. The molecule has 0 bridgehead atoms. The average molecular weight is 461 g/mol. The van der Waals surface area contributed by atoms with Crippen LogP contribution in [-0.2, 0) is 12.3 Å². The molecule has 1 atom stereocenters. The van der Waals surface area contributed by atoms with Gasteiger partial charge in [0.1, 0.15) is 11.3 Å². The summed E-state index contributed by atoms with van der Waals surface area (Å²) in [6.45, 7) is -0.594. The van der Waals surface area contributed by atoms with Crippen LogP contribution in [0, 0.1) is 5.82 Å². The Bertz CT molecular complexity index is 1100. The molecule has 0 radical (unpaired) electrons. The van der Waals surface area contributed by atoms with E-state index in [9.17, 15) is 23.1 Å². The van der Waals surface area contributed by atoms with E-state index in [2.05, 4.69) is 26.2 Å². The first-order valence-corrected chi connectivity index (χ1v) is 8.86. The van der Waals surface area contributed by atoms with Crippen molar-refractivity contribution in [1.29, 1.82) is 0 Å². The highest BCUT2D eigenvalue weighted by Crippen LogP contribution is 2.44. The van der Waals surface area contributed by atoms with Gasteiger partial charge in [0.05, 0.1) is 24.0 Å². The summed E-state index contributed by atoms with van der Waals surface area (Å²) < 4.78 is 40.8. The van der Waals surface area contributed by atoms with Crippen molar-refractivity contribution in [3.8, 4) is 0 Å². The van der Waals surface area contributed by atoms with E-state index in [1.165, 1.54) is 23.0 Å². The number of hydrogen-bond donors (Lipinski definition) is 2. The van der Waals surface area contributed by atoms with Crippen LogP contribution in [0.2, 0.25) is 5.02 Å². The van der Waals surface area contributed by atoms with Gasteiger partial charge in [0.15, 0.2) is 5.72 Å². The Balaban J connectivity index is 2.00. The lowest BCUT2D eigenvalue weighted by atomic mass is 9.93. The predicted molar refractivity (Wildman–Crippen MR) is 95.3 cm³/mol. The number of imidazole rings is 1. The molecule has 140 valence electrons. The van der Waals surface area contributed by atoms with Gasteiger partial charge in [0.2, 0.25) is 0 Å². The number of carbonyl (C=O) groups is 1. The van der Waals surface area contributed by atoms with Gasteiger partial charge >= 0.3 is 0 Å². The quantitative estimate of drug-likeness (QED) is 0.625. The highest BCUT2D eigenvalue weighted by Gasteiger charge is 2.47. The molecule has 2 heterocycles. The molecule has 10 heteroatoms. The summed E-state index contributed by atoms with van der Waals surface area (Å²) in [6.07, 6.45) is -1.41. The maximum atomic E-state index is 13.7. The average Bonchev–Trinajstić information content (AvgIpc) is 3.09. The van der Waals surface area contributed by atoms with Crippen molar-refractivity contribution in [3.63, 3.8) is 0 Å². The van der Waals surface area contributed by atoms with Crippen LogP contribution in [0.3, 0.4) is 0 Å². The monoisotopic (exact) mass is 459 g/mol. The van der Waals surface area contributed by atoms with Crippen molar-refractivity contribution in [2.24, 2.45) is 0 Å². The molecule has 2 aromatic carbocycles. The van der Waals surface area contributed by atoms with E-state index in [4.69, 9.17) is 11.6 Å². The molecule has 0 aliphatic carbocycles. The summed E-state index contributed by atoms with van der Waals surface area (Å²) in [5.74, 6) is -1.33. The Kier molecular flexibility index (Phi) is 4.21. The molecule has 1 amide bonds. The van der Waals surface area contributed by atoms with E-state index in [0.717, 1.165) is 12.1 Å². The van der Waals surface area contributed by atoms with Crippen molar-refractivity contribution in [2.45, 2.75) is 18.7 Å². The number of benzene rings is 2. The molecule has 0 saturated heterocycles. The second-order valence-electron chi connectivity index (χ2n) is 6.05. The summed E-state index contributed by atoms with van der Waals surface area (Å²) in [6, 6.07) is 4.88. The van der Waals surface area contributed by atoms with Crippen LogP contribution in [0.1, 0.15) is 21.5 Å². The zero-order valence-electron chi connectivity index (χ0n) is 13.3. The molecule has 0 fully saturated rings. The van der Waals surface area contributed by atoms with Gasteiger partial charge in [0, 0.05) is 20.6 Å². The molecule has 4 rings (SSSR count). The number of hydrogen-bond acceptors (Lipinski definition) is 3. The van der Waals surface area contributed by atoms with Gasteiger partial charge in [-0.3, -0.25) is 4.79 Å². The second kappa shape index (κ2) is 6.22. The molecule has 0 saturated carbocycles. The highest BCUT2D eigenvalue weighted by molar-refractivity contribution is 9.10. The Labute approximate surface area is 163 Å². The van der Waals surface area contributed by atoms with Gasteiger partial charge in [-0.25, -0.2) is 18.2 Å². The van der Waals surface area contributed by atoms with Crippen LogP contribution < -0.4 is 5.32 Å². The Morgan fingerprint density at radius 2 is 2.11 bits per heavy atom. The van der Waals surface area contributed by atoms with Crippen LogP contribution >= 0.6 is 27.5 Å². The van der Waals surface area contributed by atoms with Crippen molar-refractivity contribution in [3.05, 3.63) is 62.6 Å². The van der Waals surface area contributed by atoms with Crippen LogP contribution in [0.15, 0.2) is 35.1 Å². The van der Waals surface area contributed by atoms with Gasteiger partial charge in [-0.2, -0.15) is 0 Å². The third-order valence-electron chi connectivity index (χ3n) is 4.40. The van der Waals surface area contributed by atoms with E-state index in [1.807, 2.05) is 0 Å². The molecule has 27 heavy (non-hydrogen) atoms. The molecule has 1 unspecified atom stereocenters. The second-order valence-corrected chi connectivity index (χ2v) is 7.31. The fourth-order valence-electron chi connectivity index (χ4n) is 3.30. The standard InChI is InChI=1S/C17H10BrClF3N3O2/c18-9-4-11-15(23-6-25(11)5-12(21)22)13-14(9)17(27,24-16(13)26)8-3-7(20)1-2-10(8)19/h1-4,6,12,27H,5H2,(H,24,26). The maximum absolute atomic E-state index is 13.7. The number of alkyl halides is 2. The van der Waals surface area contributed by atoms with Gasteiger partial charge in [-0.1, -0.05) is 27.5 Å². The maximum Gasteiger partial charge on any atom is 0.256 e. The minimum absolute atomic E-state index is 0.00946. The SMILES string of the molecule is O=C1NC(O)(c2cc(F)ccc2Cl)c2c(Br)cc3c(ncn3CC(F)F)c21. The zero-order chi connectivity index (χ0) is 19.5. The number of rotatable bonds is 3. The first-order chi connectivity index (χ1) is 12.7. The highest BCUT2D eigenvalue weighted by atomic mass is 79.9. The molecular formula is C17H10BrClF3N3O2. The minimum Gasteiger partial charge on any atom is -0.363 e. The fraction of sp³-hybridized carbons (Fsp3) is 0.176. The normalized spacial score (nSPS) is 19.0. The third-order valence-corrected chi connectivity index (χ3v) is 5.36. The lowest BCUT2D eigenvalue weighted by molar-refractivity contribution is 0.0470. The number of amides is 1. The van der Waals surface area contributed by atoms with Gasteiger partial charge in [-0.15, -0.1) is 0 Å². The molecule has 3 aromatic rings.